The van der Waals surface area contributed by atoms with E-state index in [1.807, 2.05) is 0 Å². The average molecular weight is 362 g/mol. The molecule has 7 nitrogen and oxygen atoms in total. The first-order valence-corrected chi connectivity index (χ1v) is 8.83. The molecule has 1 saturated heterocycles. The third-order valence-corrected chi connectivity index (χ3v) is 4.55. The number of piperidine rings is 1. The molecule has 26 heavy (non-hydrogen) atoms. The molecule has 2 rings (SSSR count). The highest BCUT2D eigenvalue weighted by Crippen LogP contribution is 2.20. The standard InChI is InChI=1S/C19H26N2O5/c1-13-10-15(12-16(11-13)19(24)25)18(23)21-7-4-14(5-8-21)17(22)20-6-3-9-26-2/h10-12,14H,3-9H2,1-2H3,(H,20,22)(H,24,25). The molecule has 1 aromatic carbocycles. The molecule has 1 aromatic rings. The number of benzene rings is 1. The number of carboxylic acid groups (broad SMARTS) is 1. The van der Waals surface area contributed by atoms with Crippen molar-refractivity contribution in [1.29, 1.82) is 0 Å². The van der Waals surface area contributed by atoms with Gasteiger partial charge in [-0.05, 0) is 49.9 Å². The number of nitrogens with zero attached hydrogens (tertiary/aromatic N) is 1. The van der Waals surface area contributed by atoms with Crippen LogP contribution in [0, 0.1) is 12.8 Å². The van der Waals surface area contributed by atoms with Crippen LogP contribution in [0.1, 0.15) is 45.5 Å². The zero-order chi connectivity index (χ0) is 19.1. The molecule has 1 fully saturated rings. The summed E-state index contributed by atoms with van der Waals surface area (Å²) in [5.41, 5.74) is 1.22. The molecule has 0 bridgehead atoms. The van der Waals surface area contributed by atoms with Crippen molar-refractivity contribution in [3.63, 3.8) is 0 Å². The van der Waals surface area contributed by atoms with Gasteiger partial charge in [-0.3, -0.25) is 9.59 Å². The minimum Gasteiger partial charge on any atom is -0.478 e. The van der Waals surface area contributed by atoms with Crippen molar-refractivity contribution in [2.75, 3.05) is 33.4 Å². The van der Waals surface area contributed by atoms with E-state index in [4.69, 9.17) is 9.84 Å². The molecule has 0 aliphatic carbocycles. The average Bonchev–Trinajstić information content (AvgIpc) is 2.64. The number of amides is 2. The molecular formula is C19H26N2O5. The zero-order valence-corrected chi connectivity index (χ0v) is 15.3. The molecular weight excluding hydrogens is 336 g/mol. The lowest BCUT2D eigenvalue weighted by Crippen LogP contribution is -2.43. The normalized spacial score (nSPS) is 14.9. The summed E-state index contributed by atoms with van der Waals surface area (Å²) >= 11 is 0. The summed E-state index contributed by atoms with van der Waals surface area (Å²) in [6.45, 7) is 3.95. The number of methoxy groups -OCH3 is 1. The van der Waals surface area contributed by atoms with Gasteiger partial charge in [-0.15, -0.1) is 0 Å². The first-order valence-electron chi connectivity index (χ1n) is 8.83. The Hall–Kier alpha value is -2.41. The highest BCUT2D eigenvalue weighted by atomic mass is 16.5. The maximum Gasteiger partial charge on any atom is 0.335 e. The fraction of sp³-hybridized carbons (Fsp3) is 0.526. The van der Waals surface area contributed by atoms with E-state index in [1.54, 1.807) is 31.1 Å². The Morgan fingerprint density at radius 3 is 2.46 bits per heavy atom. The number of nitrogens with one attached hydrogen (secondary N) is 1. The number of rotatable bonds is 7. The van der Waals surface area contributed by atoms with Gasteiger partial charge < -0.3 is 20.1 Å². The van der Waals surface area contributed by atoms with E-state index >= 15 is 0 Å². The Labute approximate surface area is 153 Å². The second-order valence-electron chi connectivity index (χ2n) is 6.60. The summed E-state index contributed by atoms with van der Waals surface area (Å²) in [5.74, 6) is -1.30. The van der Waals surface area contributed by atoms with Crippen LogP contribution >= 0.6 is 0 Å². The molecule has 0 unspecified atom stereocenters. The number of carboxylic acids is 1. The maximum absolute atomic E-state index is 12.7. The summed E-state index contributed by atoms with van der Waals surface area (Å²) in [6.07, 6.45) is 2.00. The lowest BCUT2D eigenvalue weighted by atomic mass is 9.95. The number of aryl methyl sites for hydroxylation is 1. The number of carbonyl (C=O) groups excluding carboxylic acids is 2. The van der Waals surface area contributed by atoms with Gasteiger partial charge in [0.25, 0.3) is 5.91 Å². The molecule has 0 atom stereocenters. The van der Waals surface area contributed by atoms with E-state index in [1.165, 1.54) is 6.07 Å². The quantitative estimate of drug-likeness (QED) is 0.720. The molecule has 0 saturated carbocycles. The van der Waals surface area contributed by atoms with Gasteiger partial charge in [-0.1, -0.05) is 0 Å². The Bertz CT molecular complexity index is 666. The van der Waals surface area contributed by atoms with Gasteiger partial charge in [0.1, 0.15) is 0 Å². The Morgan fingerprint density at radius 2 is 1.85 bits per heavy atom. The van der Waals surface area contributed by atoms with Crippen LogP contribution in [0.25, 0.3) is 0 Å². The molecule has 2 amide bonds. The highest BCUT2D eigenvalue weighted by molar-refractivity contribution is 5.98. The smallest absolute Gasteiger partial charge is 0.335 e. The SMILES string of the molecule is COCCCNC(=O)C1CCN(C(=O)c2cc(C)cc(C(=O)O)c2)CC1. The number of likely N-dealkylation sites (tertiary alicyclic amines) is 1. The minimum absolute atomic E-state index is 0.0249. The van der Waals surface area contributed by atoms with Gasteiger partial charge in [0, 0.05) is 44.8 Å². The zero-order valence-electron chi connectivity index (χ0n) is 15.3. The first-order chi connectivity index (χ1) is 12.4. The van der Waals surface area contributed by atoms with Crippen molar-refractivity contribution in [1.82, 2.24) is 10.2 Å². The number of carbonyl (C=O) groups is 3. The van der Waals surface area contributed by atoms with Crippen molar-refractivity contribution in [3.8, 4) is 0 Å². The highest BCUT2D eigenvalue weighted by Gasteiger charge is 2.28. The number of aromatic carboxylic acids is 1. The van der Waals surface area contributed by atoms with Crippen molar-refractivity contribution in [3.05, 3.63) is 34.9 Å². The van der Waals surface area contributed by atoms with Gasteiger partial charge in [0.05, 0.1) is 5.56 Å². The maximum atomic E-state index is 12.7. The third-order valence-electron chi connectivity index (χ3n) is 4.55. The van der Waals surface area contributed by atoms with Gasteiger partial charge in [-0.25, -0.2) is 4.79 Å². The van der Waals surface area contributed by atoms with Crippen molar-refractivity contribution in [2.45, 2.75) is 26.2 Å². The molecule has 2 N–H and O–H groups in total. The predicted molar refractivity (Wildman–Crippen MR) is 96.3 cm³/mol. The van der Waals surface area contributed by atoms with Crippen molar-refractivity contribution >= 4 is 17.8 Å². The van der Waals surface area contributed by atoms with Crippen LogP contribution < -0.4 is 5.32 Å². The monoisotopic (exact) mass is 362 g/mol. The largest absolute Gasteiger partial charge is 0.478 e. The van der Waals surface area contributed by atoms with Crippen molar-refractivity contribution in [2.24, 2.45) is 5.92 Å². The summed E-state index contributed by atoms with van der Waals surface area (Å²) in [7, 11) is 1.63. The van der Waals surface area contributed by atoms with Crippen LogP contribution in [0.15, 0.2) is 18.2 Å². The number of ether oxygens (including phenoxy) is 1. The van der Waals surface area contributed by atoms with Gasteiger partial charge >= 0.3 is 5.97 Å². The predicted octanol–water partition coefficient (Wildman–Crippen LogP) is 1.70. The summed E-state index contributed by atoms with van der Waals surface area (Å²) in [5, 5.41) is 12.1. The lowest BCUT2D eigenvalue weighted by Gasteiger charge is -2.31. The number of hydrogen-bond acceptors (Lipinski definition) is 4. The van der Waals surface area contributed by atoms with Crippen LogP contribution in [-0.4, -0.2) is 61.1 Å². The fourth-order valence-electron chi connectivity index (χ4n) is 3.13. The fourth-order valence-corrected chi connectivity index (χ4v) is 3.13. The summed E-state index contributed by atoms with van der Waals surface area (Å²) in [4.78, 5) is 37.7. The topological polar surface area (TPSA) is 95.9 Å². The molecule has 1 aliphatic heterocycles. The molecule has 1 heterocycles. The summed E-state index contributed by atoms with van der Waals surface area (Å²) < 4.78 is 4.95. The Balaban J connectivity index is 1.90. The van der Waals surface area contributed by atoms with Crippen LogP contribution in [0.2, 0.25) is 0 Å². The second kappa shape index (κ2) is 9.33. The van der Waals surface area contributed by atoms with E-state index in [2.05, 4.69) is 5.32 Å². The third kappa shape index (κ3) is 5.29. The van der Waals surface area contributed by atoms with Gasteiger partial charge in [-0.2, -0.15) is 0 Å². The second-order valence-corrected chi connectivity index (χ2v) is 6.60. The van der Waals surface area contributed by atoms with Crippen LogP contribution in [0.5, 0.6) is 0 Å². The minimum atomic E-state index is -1.05. The molecule has 0 aromatic heterocycles. The van der Waals surface area contributed by atoms with Gasteiger partial charge in [0.15, 0.2) is 0 Å². The van der Waals surface area contributed by atoms with Crippen LogP contribution in [-0.2, 0) is 9.53 Å². The van der Waals surface area contributed by atoms with Crippen LogP contribution in [0.4, 0.5) is 0 Å². The van der Waals surface area contributed by atoms with E-state index in [0.717, 1.165) is 12.0 Å². The van der Waals surface area contributed by atoms with Crippen molar-refractivity contribution < 1.29 is 24.2 Å². The molecule has 0 spiro atoms. The van der Waals surface area contributed by atoms with E-state index in [0.29, 0.717) is 44.6 Å². The summed E-state index contributed by atoms with van der Waals surface area (Å²) in [6, 6.07) is 4.65. The van der Waals surface area contributed by atoms with Crippen LogP contribution in [0.3, 0.4) is 0 Å². The Morgan fingerprint density at radius 1 is 1.19 bits per heavy atom. The lowest BCUT2D eigenvalue weighted by molar-refractivity contribution is -0.126. The first kappa shape index (κ1) is 19.9. The number of hydrogen-bond donors (Lipinski definition) is 2. The molecule has 0 radical (unpaired) electrons. The van der Waals surface area contributed by atoms with E-state index in [-0.39, 0.29) is 23.3 Å². The van der Waals surface area contributed by atoms with Gasteiger partial charge in [0.2, 0.25) is 5.91 Å². The van der Waals surface area contributed by atoms with E-state index < -0.39 is 5.97 Å². The van der Waals surface area contributed by atoms with E-state index in [9.17, 15) is 14.4 Å². The Kier molecular flexibility index (Phi) is 7.15. The molecule has 142 valence electrons. The molecule has 1 aliphatic rings. The molecule has 7 heteroatoms.